The highest BCUT2D eigenvalue weighted by Gasteiger charge is 2.59. The molecule has 26 heavy (non-hydrogen) atoms. The Hall–Kier alpha value is -1.65. The van der Waals surface area contributed by atoms with Crippen LogP contribution in [0.1, 0.15) is 76.6 Å². The van der Waals surface area contributed by atoms with E-state index in [2.05, 4.69) is 35.4 Å². The molecule has 4 aliphatic carbocycles. The maximum Gasteiger partial charge on any atom is 0.111 e. The van der Waals surface area contributed by atoms with Gasteiger partial charge in [-0.3, -0.25) is 0 Å². The van der Waals surface area contributed by atoms with Gasteiger partial charge in [-0.2, -0.15) is 0 Å². The first-order valence-corrected chi connectivity index (χ1v) is 10.2. The second-order valence-electron chi connectivity index (χ2n) is 9.60. The number of hydrogen-bond donors (Lipinski definition) is 1. The molecule has 0 spiro atoms. The molecule has 6 atom stereocenters. The molecule has 2 fully saturated rings. The van der Waals surface area contributed by atoms with E-state index in [9.17, 15) is 5.21 Å². The normalized spacial score (nSPS) is 44.6. The van der Waals surface area contributed by atoms with E-state index in [1.165, 1.54) is 37.7 Å². The SMILES string of the molecule is C/C(=N\O)C1=CC[C@H]2[C@@H]3CC[C@H]4c5nonc5CC[C@]4(C)[C@H]3CC[C@]12C. The van der Waals surface area contributed by atoms with Crippen LogP contribution in [0, 0.1) is 28.6 Å². The molecule has 2 saturated carbocycles. The van der Waals surface area contributed by atoms with Crippen molar-refractivity contribution < 1.29 is 9.84 Å². The average molecular weight is 355 g/mol. The molecule has 0 bridgehead atoms. The number of oxime groups is 1. The summed E-state index contributed by atoms with van der Waals surface area (Å²) in [4.78, 5) is 0. The van der Waals surface area contributed by atoms with Gasteiger partial charge in [0, 0.05) is 5.92 Å². The molecule has 1 heterocycles. The summed E-state index contributed by atoms with van der Waals surface area (Å²) in [6, 6.07) is 0. The first-order chi connectivity index (χ1) is 12.5. The third kappa shape index (κ3) is 1.95. The van der Waals surface area contributed by atoms with Gasteiger partial charge in [0.25, 0.3) is 0 Å². The van der Waals surface area contributed by atoms with Crippen LogP contribution in [0.15, 0.2) is 21.4 Å². The predicted molar refractivity (Wildman–Crippen MR) is 98.1 cm³/mol. The van der Waals surface area contributed by atoms with Crippen LogP contribution in [0.2, 0.25) is 0 Å². The summed E-state index contributed by atoms with van der Waals surface area (Å²) in [6.45, 7) is 6.87. The van der Waals surface area contributed by atoms with Crippen LogP contribution in [0.4, 0.5) is 0 Å². The van der Waals surface area contributed by atoms with Gasteiger partial charge in [-0.1, -0.05) is 35.4 Å². The second-order valence-corrected chi connectivity index (χ2v) is 9.60. The van der Waals surface area contributed by atoms with E-state index in [0.717, 1.165) is 41.8 Å². The van der Waals surface area contributed by atoms with Crippen LogP contribution >= 0.6 is 0 Å². The lowest BCUT2D eigenvalue weighted by atomic mass is 9.45. The fraction of sp³-hybridized carbons (Fsp3) is 0.762. The summed E-state index contributed by atoms with van der Waals surface area (Å²) < 4.78 is 5.09. The van der Waals surface area contributed by atoms with Crippen molar-refractivity contribution in [2.24, 2.45) is 33.7 Å². The van der Waals surface area contributed by atoms with Crippen LogP contribution in [-0.4, -0.2) is 21.2 Å². The zero-order valence-corrected chi connectivity index (χ0v) is 16.0. The lowest BCUT2D eigenvalue weighted by Crippen LogP contribution is -2.52. The lowest BCUT2D eigenvalue weighted by Gasteiger charge is -2.59. The Morgan fingerprint density at radius 1 is 1.19 bits per heavy atom. The van der Waals surface area contributed by atoms with Gasteiger partial charge in [-0.05, 0) is 86.0 Å². The van der Waals surface area contributed by atoms with Crippen LogP contribution in [0.25, 0.3) is 0 Å². The smallest absolute Gasteiger partial charge is 0.111 e. The molecular formula is C21H29N3O2. The number of allylic oxidation sites excluding steroid dienone is 2. The summed E-state index contributed by atoms with van der Waals surface area (Å²) in [5.41, 5.74) is 4.85. The highest BCUT2D eigenvalue weighted by atomic mass is 16.6. The Bertz CT molecular complexity index is 797. The molecule has 5 heteroatoms. The highest BCUT2D eigenvalue weighted by molar-refractivity contribution is 5.99. The van der Waals surface area contributed by atoms with Crippen molar-refractivity contribution in [1.82, 2.24) is 10.3 Å². The topological polar surface area (TPSA) is 71.5 Å². The quantitative estimate of drug-likeness (QED) is 0.449. The minimum absolute atomic E-state index is 0.177. The zero-order valence-electron chi connectivity index (χ0n) is 16.0. The molecule has 5 rings (SSSR count). The third-order valence-corrected chi connectivity index (χ3v) is 8.81. The van der Waals surface area contributed by atoms with E-state index in [1.807, 2.05) is 6.92 Å². The molecular weight excluding hydrogens is 326 g/mol. The fourth-order valence-electron chi connectivity index (χ4n) is 7.49. The lowest BCUT2D eigenvalue weighted by molar-refractivity contribution is -0.0685. The van der Waals surface area contributed by atoms with Crippen LogP contribution in [0.3, 0.4) is 0 Å². The van der Waals surface area contributed by atoms with E-state index in [4.69, 9.17) is 4.63 Å². The molecule has 0 aromatic carbocycles. The summed E-state index contributed by atoms with van der Waals surface area (Å²) in [5.74, 6) is 2.71. The average Bonchev–Trinajstić information content (AvgIpc) is 3.24. The number of aryl methyl sites for hydroxylation is 1. The first-order valence-electron chi connectivity index (χ1n) is 10.2. The number of nitrogens with zero attached hydrogens (tertiary/aromatic N) is 3. The van der Waals surface area contributed by atoms with Crippen molar-refractivity contribution in [3.05, 3.63) is 23.0 Å². The number of fused-ring (bicyclic) bond motifs is 7. The molecule has 0 unspecified atom stereocenters. The standard InChI is InChI=1S/C21H29N3O2/c1-12(22-25)14-6-7-15-13-4-5-17-19-18(23-26-24-19)9-11-21(17,3)16(13)8-10-20(14,15)2/h6,13,15-17,25H,4-5,7-11H2,1-3H3/b22-12+/t13-,15-,16-,17-,20+,21+/m0/s1. The Morgan fingerprint density at radius 2 is 2.04 bits per heavy atom. The van der Waals surface area contributed by atoms with E-state index in [-0.39, 0.29) is 5.41 Å². The Kier molecular flexibility index (Phi) is 3.45. The highest BCUT2D eigenvalue weighted by Crippen LogP contribution is 2.67. The summed E-state index contributed by atoms with van der Waals surface area (Å²) in [5, 5.41) is 21.3. The summed E-state index contributed by atoms with van der Waals surface area (Å²) >= 11 is 0. The zero-order chi connectivity index (χ0) is 18.1. The maximum atomic E-state index is 9.33. The summed E-state index contributed by atoms with van der Waals surface area (Å²) in [7, 11) is 0. The molecule has 140 valence electrons. The van der Waals surface area contributed by atoms with Crippen molar-refractivity contribution in [3.8, 4) is 0 Å². The van der Waals surface area contributed by atoms with Crippen molar-refractivity contribution in [3.63, 3.8) is 0 Å². The monoisotopic (exact) mass is 355 g/mol. The molecule has 0 amide bonds. The third-order valence-electron chi connectivity index (χ3n) is 8.81. The predicted octanol–water partition coefficient (Wildman–Crippen LogP) is 4.73. The largest absolute Gasteiger partial charge is 0.411 e. The van der Waals surface area contributed by atoms with Crippen LogP contribution < -0.4 is 0 Å². The molecule has 1 aromatic heterocycles. The van der Waals surface area contributed by atoms with Crippen LogP contribution in [-0.2, 0) is 6.42 Å². The van der Waals surface area contributed by atoms with E-state index in [1.54, 1.807) is 0 Å². The second kappa shape index (κ2) is 5.43. The van der Waals surface area contributed by atoms with Gasteiger partial charge in [0.1, 0.15) is 11.4 Å². The van der Waals surface area contributed by atoms with Gasteiger partial charge in [0.15, 0.2) is 0 Å². The molecule has 5 nitrogen and oxygen atoms in total. The number of aromatic nitrogens is 2. The summed E-state index contributed by atoms with van der Waals surface area (Å²) in [6.07, 6.45) is 10.7. The molecule has 0 aliphatic heterocycles. The van der Waals surface area contributed by atoms with Gasteiger partial charge in [-0.25, -0.2) is 4.63 Å². The van der Waals surface area contributed by atoms with Crippen molar-refractivity contribution >= 4 is 5.71 Å². The van der Waals surface area contributed by atoms with Gasteiger partial charge in [-0.15, -0.1) is 0 Å². The molecule has 1 aromatic rings. The number of rotatable bonds is 1. The Morgan fingerprint density at radius 3 is 2.85 bits per heavy atom. The fourth-order valence-corrected chi connectivity index (χ4v) is 7.49. The van der Waals surface area contributed by atoms with Gasteiger partial charge in [0.2, 0.25) is 0 Å². The maximum absolute atomic E-state index is 9.33. The van der Waals surface area contributed by atoms with E-state index in [0.29, 0.717) is 17.3 Å². The molecule has 0 saturated heterocycles. The minimum atomic E-state index is 0.177. The van der Waals surface area contributed by atoms with Crippen molar-refractivity contribution in [2.75, 3.05) is 0 Å². The molecule has 0 radical (unpaired) electrons. The minimum Gasteiger partial charge on any atom is -0.411 e. The van der Waals surface area contributed by atoms with E-state index < -0.39 is 0 Å². The van der Waals surface area contributed by atoms with Gasteiger partial charge >= 0.3 is 0 Å². The van der Waals surface area contributed by atoms with Gasteiger partial charge in [0.05, 0.1) is 5.71 Å². The van der Waals surface area contributed by atoms with Crippen molar-refractivity contribution in [2.45, 2.75) is 71.6 Å². The van der Waals surface area contributed by atoms with Gasteiger partial charge < -0.3 is 5.21 Å². The number of hydrogen-bond acceptors (Lipinski definition) is 5. The Labute approximate surface area is 154 Å². The van der Waals surface area contributed by atoms with E-state index >= 15 is 0 Å². The first kappa shape index (κ1) is 16.5. The molecule has 4 aliphatic rings. The molecule has 1 N–H and O–H groups in total. The van der Waals surface area contributed by atoms with Crippen LogP contribution in [0.5, 0.6) is 0 Å². The Balaban J connectivity index is 1.48. The van der Waals surface area contributed by atoms with Crippen molar-refractivity contribution in [1.29, 1.82) is 0 Å².